The maximum atomic E-state index is 15.4. The molecule has 3 aromatic carbocycles. The zero-order valence-corrected chi connectivity index (χ0v) is 45.4. The molecule has 15 nitrogen and oxygen atoms in total. The lowest BCUT2D eigenvalue weighted by Gasteiger charge is -2.57. The van der Waals surface area contributed by atoms with E-state index in [1.54, 1.807) is 19.2 Å². The van der Waals surface area contributed by atoms with Gasteiger partial charge in [0.2, 0.25) is 0 Å². The molecule has 3 saturated carbocycles. The minimum Gasteiger partial charge on any atom is -0.504 e. The van der Waals surface area contributed by atoms with Crippen LogP contribution in [-0.2, 0) is 33.7 Å². The lowest BCUT2D eigenvalue weighted by molar-refractivity contribution is -0.149. The number of fused-ring (bicyclic) bond motifs is 10. The first-order chi connectivity index (χ1) is 38.3. The predicted molar refractivity (Wildman–Crippen MR) is 301 cm³/mol. The molecule has 2 bridgehead atoms. The molecule has 4 heterocycles. The van der Waals surface area contributed by atoms with E-state index in [0.717, 1.165) is 87.6 Å². The third-order valence-electron chi connectivity index (χ3n) is 18.7. The number of aromatic hydroxyl groups is 2. The molecule has 79 heavy (non-hydrogen) atoms. The monoisotopic (exact) mass is 1080 g/mol. The fourth-order valence-corrected chi connectivity index (χ4v) is 15.6. The van der Waals surface area contributed by atoms with E-state index in [4.69, 9.17) is 14.2 Å². The summed E-state index contributed by atoms with van der Waals surface area (Å²) in [5, 5.41) is 70.3. The lowest BCUT2D eigenvalue weighted by atomic mass is 9.47. The van der Waals surface area contributed by atoms with Crippen molar-refractivity contribution in [2.75, 3.05) is 33.5 Å². The molecule has 418 valence electrons. The van der Waals surface area contributed by atoms with Crippen LogP contribution in [0.3, 0.4) is 0 Å². The predicted octanol–water partition coefficient (Wildman–Crippen LogP) is 8.61. The first kappa shape index (κ1) is 54.4. The highest BCUT2D eigenvalue weighted by molar-refractivity contribution is 5.94. The number of cyclic esters (lactones) is 1. The highest BCUT2D eigenvalue weighted by atomic mass is 16.5. The van der Waals surface area contributed by atoms with E-state index < -0.39 is 29.8 Å². The number of aliphatic hydroxyl groups is 4. The standard InChI is InChI=1S/C64H76N4O11/c1-38(71)35-66-64(37-68-22-20-54-55(68)19-21-65-54)36-63(34-41(64)8-7-23-69)33-40-27-51-48-31-57(75)58(77-2)32-49(48)50(61(40)47-17-15-42(72)30-52(47)63)29-43(73)28-44(16-13-39-14-18-56(74)59(26-39)78-25-24-70)79-60(76)12-6-4-10-46-45-9-3-5-11-53(45)67-62(46)51/h3,5,9,11,14,18-22,26-27,31-32,38,40-42,44,47,50,52,61,65-67,69-72,74-75H,7-8,10,12-13,15-17,23-25,28-30,33-37H2,1-2H3/t38-,40-,41-,42+,44+,47+,50+,52-,61+,63+,64+/m0/s1. The number of carbonyl (C=O) groups excluding carboxylic acids is 2. The Morgan fingerprint density at radius 3 is 2.61 bits per heavy atom. The minimum atomic E-state index is -0.800. The Kier molecular flexibility index (Phi) is 15.8. The molecule has 3 fully saturated rings. The van der Waals surface area contributed by atoms with Crippen LogP contribution in [0.4, 0.5) is 0 Å². The molecule has 0 amide bonds. The van der Waals surface area contributed by atoms with Crippen molar-refractivity contribution in [3.05, 3.63) is 113 Å². The third kappa shape index (κ3) is 10.8. The summed E-state index contributed by atoms with van der Waals surface area (Å²) in [6.45, 7) is 2.69. The number of aromatic nitrogens is 3. The van der Waals surface area contributed by atoms with E-state index in [9.17, 15) is 35.4 Å². The SMILES string of the molecule is COc1cc2c(cc1O)C1=C[C@H]3C[C@]4(C[C@H](CCCO)[C@@](Cn5ccc6[nH]ccc65)(NC[C@H](C)O)C4)[C@H]4C[C@H](O)CC[C@H]4[C@@H]3[C@@H]2CC(=O)C[C@@H](CCc2ccc(O)c(OCCO)c2)OC(=O)CC#CCc2c1[nH]c1ccccc21. The van der Waals surface area contributed by atoms with Crippen LogP contribution >= 0.6 is 0 Å². The van der Waals surface area contributed by atoms with Crippen molar-refractivity contribution in [2.45, 2.75) is 133 Å². The summed E-state index contributed by atoms with van der Waals surface area (Å²) in [7, 11) is 1.54. The first-order valence-corrected chi connectivity index (χ1v) is 28.6. The maximum absolute atomic E-state index is 15.4. The molecule has 15 heteroatoms. The summed E-state index contributed by atoms with van der Waals surface area (Å²) in [6.07, 6.45) is 11.3. The van der Waals surface area contributed by atoms with Crippen molar-refractivity contribution >= 4 is 39.3 Å². The van der Waals surface area contributed by atoms with Gasteiger partial charge in [-0.3, -0.25) is 9.59 Å². The van der Waals surface area contributed by atoms with Crippen LogP contribution < -0.4 is 14.8 Å². The Morgan fingerprint density at radius 2 is 1.78 bits per heavy atom. The van der Waals surface area contributed by atoms with Crippen LogP contribution in [0.5, 0.6) is 23.0 Å². The molecule has 0 radical (unpaired) electrons. The number of nitrogens with zero attached hydrogens (tertiary/aromatic N) is 1. The zero-order valence-electron chi connectivity index (χ0n) is 45.4. The Hall–Kier alpha value is -6.54. The quantitative estimate of drug-likeness (QED) is 0.0348. The number of Topliss-reactive ketones (excluding diaryl/α,β-unsaturated/α-hetero) is 1. The van der Waals surface area contributed by atoms with Gasteiger partial charge in [0.25, 0.3) is 0 Å². The molecule has 1 aliphatic heterocycles. The van der Waals surface area contributed by atoms with Gasteiger partial charge in [-0.2, -0.15) is 0 Å². The van der Waals surface area contributed by atoms with Gasteiger partial charge in [-0.15, -0.1) is 0 Å². The number of nitrogens with one attached hydrogen (secondary N) is 3. The summed E-state index contributed by atoms with van der Waals surface area (Å²) in [4.78, 5) is 36.4. The number of rotatable bonds is 15. The van der Waals surface area contributed by atoms with Gasteiger partial charge in [0.15, 0.2) is 23.0 Å². The van der Waals surface area contributed by atoms with Crippen LogP contribution in [0.25, 0.3) is 27.5 Å². The molecular weight excluding hydrogens is 1000 g/mol. The van der Waals surface area contributed by atoms with Gasteiger partial charge < -0.3 is 64.7 Å². The van der Waals surface area contributed by atoms with Crippen LogP contribution in [0, 0.1) is 46.8 Å². The van der Waals surface area contributed by atoms with Crippen molar-refractivity contribution in [3.63, 3.8) is 0 Å². The minimum absolute atomic E-state index is 0.00522. The fourth-order valence-electron chi connectivity index (χ4n) is 15.6. The van der Waals surface area contributed by atoms with Crippen LogP contribution in [0.1, 0.15) is 118 Å². The van der Waals surface area contributed by atoms with Crippen LogP contribution in [0.2, 0.25) is 0 Å². The number of hydrogen-bond donors (Lipinski definition) is 9. The van der Waals surface area contributed by atoms with Gasteiger partial charge in [-0.25, -0.2) is 0 Å². The van der Waals surface area contributed by atoms with Crippen LogP contribution in [-0.4, -0.2) is 114 Å². The highest BCUT2D eigenvalue weighted by Crippen LogP contribution is 2.68. The molecule has 1 spiro atoms. The van der Waals surface area contributed by atoms with Crippen molar-refractivity contribution < 1.29 is 54.4 Å². The molecular formula is C64H76N4O11. The molecule has 5 aliphatic rings. The lowest BCUT2D eigenvalue weighted by Crippen LogP contribution is -2.55. The van der Waals surface area contributed by atoms with Crippen molar-refractivity contribution in [1.29, 1.82) is 0 Å². The van der Waals surface area contributed by atoms with E-state index in [1.165, 1.54) is 6.07 Å². The summed E-state index contributed by atoms with van der Waals surface area (Å²) in [5.41, 5.74) is 7.46. The first-order valence-electron chi connectivity index (χ1n) is 28.6. The molecule has 6 aromatic rings. The second kappa shape index (κ2) is 22.9. The van der Waals surface area contributed by atoms with Gasteiger partial charge in [0.1, 0.15) is 24.9 Å². The summed E-state index contributed by atoms with van der Waals surface area (Å²) < 4.78 is 20.1. The Labute approximate surface area is 461 Å². The van der Waals surface area contributed by atoms with Crippen molar-refractivity contribution in [1.82, 2.24) is 19.9 Å². The van der Waals surface area contributed by atoms with Gasteiger partial charge >= 0.3 is 5.97 Å². The summed E-state index contributed by atoms with van der Waals surface area (Å²) in [6, 6.07) is 21.1. The fraction of sp³-hybridized carbons (Fsp3) is 0.500. The smallest absolute Gasteiger partial charge is 0.318 e. The molecule has 11 atom stereocenters. The average Bonchev–Trinajstić information content (AvgIpc) is 4.08. The third-order valence-corrected chi connectivity index (χ3v) is 18.7. The number of carbonyl (C=O) groups is 2. The maximum Gasteiger partial charge on any atom is 0.318 e. The number of aromatic amines is 2. The molecule has 9 N–H and O–H groups in total. The van der Waals surface area contributed by atoms with E-state index in [-0.39, 0.29) is 103 Å². The molecule has 0 saturated heterocycles. The molecule has 11 rings (SSSR count). The van der Waals surface area contributed by atoms with Gasteiger partial charge in [-0.05, 0) is 177 Å². The van der Waals surface area contributed by atoms with Gasteiger partial charge in [-0.1, -0.05) is 42.2 Å². The normalized spacial score (nSPS) is 28.3. The second-order valence-electron chi connectivity index (χ2n) is 23.6. The number of phenolic OH excluding ortho intramolecular Hbond substituents is 2. The summed E-state index contributed by atoms with van der Waals surface area (Å²) in [5.74, 6) is 5.88. The Morgan fingerprint density at radius 1 is 0.937 bits per heavy atom. The number of para-hydroxylation sites is 1. The molecule has 0 unspecified atom stereocenters. The zero-order chi connectivity index (χ0) is 55.0. The number of β-amino-alcohol motifs (C(OH)–C–C–N with tert-alkyl or cyclic N) is 1. The molecule has 3 aromatic heterocycles. The number of methoxy groups -OCH3 is 1. The Bertz CT molecular complexity index is 3290. The summed E-state index contributed by atoms with van der Waals surface area (Å²) >= 11 is 0. The Balaban J connectivity index is 1.07. The van der Waals surface area contributed by atoms with E-state index in [2.05, 4.69) is 68.2 Å². The number of ketones is 1. The van der Waals surface area contributed by atoms with Gasteiger partial charge in [0.05, 0.1) is 42.7 Å². The second-order valence-corrected chi connectivity index (χ2v) is 23.6. The number of allylic oxidation sites excluding steroid dienone is 1. The number of phenols is 2. The number of hydrogen-bond acceptors (Lipinski definition) is 12. The number of ether oxygens (including phenoxy) is 3. The number of aryl methyl sites for hydroxylation is 1. The topological polar surface area (TPSA) is 232 Å². The highest BCUT2D eigenvalue weighted by Gasteiger charge is 2.64. The van der Waals surface area contributed by atoms with Gasteiger partial charge in [0, 0.05) is 73.4 Å². The number of H-pyrrole nitrogens is 2. The number of esters is 1. The van der Waals surface area contributed by atoms with E-state index in [1.807, 2.05) is 37.4 Å². The van der Waals surface area contributed by atoms with E-state index >= 15 is 4.79 Å². The van der Waals surface area contributed by atoms with Crippen LogP contribution in [0.15, 0.2) is 85.2 Å². The number of aliphatic hydroxyl groups excluding tert-OH is 4. The van der Waals surface area contributed by atoms with E-state index in [0.29, 0.717) is 57.4 Å². The molecule has 4 aliphatic carbocycles. The van der Waals surface area contributed by atoms with Crippen molar-refractivity contribution in [2.24, 2.45) is 35.0 Å². The number of benzene rings is 3. The average molecular weight is 1080 g/mol. The largest absolute Gasteiger partial charge is 0.504 e. The van der Waals surface area contributed by atoms with Crippen molar-refractivity contribution in [3.8, 4) is 34.8 Å².